The van der Waals surface area contributed by atoms with Gasteiger partial charge in [0.05, 0.1) is 0 Å². The van der Waals surface area contributed by atoms with Crippen LogP contribution in [0.2, 0.25) is 0 Å². The summed E-state index contributed by atoms with van der Waals surface area (Å²) in [5.74, 6) is 2.53. The Bertz CT molecular complexity index is 681. The molecular formula is C19H21NOS2. The van der Waals surface area contributed by atoms with Crippen LogP contribution in [0, 0.1) is 0 Å². The van der Waals surface area contributed by atoms with E-state index in [-0.39, 0.29) is 5.78 Å². The maximum Gasteiger partial charge on any atom is 0.194 e. The van der Waals surface area contributed by atoms with Crippen molar-refractivity contribution in [2.75, 3.05) is 30.9 Å². The van der Waals surface area contributed by atoms with Crippen LogP contribution in [0.3, 0.4) is 0 Å². The molecule has 0 amide bonds. The van der Waals surface area contributed by atoms with E-state index in [9.17, 15) is 4.79 Å². The minimum atomic E-state index is 0.117. The second-order valence-corrected chi connectivity index (χ2v) is 7.69. The van der Waals surface area contributed by atoms with E-state index in [2.05, 4.69) is 17.0 Å². The lowest BCUT2D eigenvalue weighted by atomic mass is 10.0. The monoisotopic (exact) mass is 343 g/mol. The van der Waals surface area contributed by atoms with Gasteiger partial charge in [0.1, 0.15) is 0 Å². The summed E-state index contributed by atoms with van der Waals surface area (Å²) in [6.07, 6.45) is 2.01. The van der Waals surface area contributed by atoms with E-state index in [0.29, 0.717) is 0 Å². The predicted molar refractivity (Wildman–Crippen MR) is 101 cm³/mol. The molecule has 1 aliphatic rings. The number of ketones is 1. The van der Waals surface area contributed by atoms with Crippen LogP contribution in [-0.2, 0) is 6.54 Å². The van der Waals surface area contributed by atoms with Crippen molar-refractivity contribution in [3.8, 4) is 0 Å². The summed E-state index contributed by atoms with van der Waals surface area (Å²) in [6, 6.07) is 15.9. The summed E-state index contributed by atoms with van der Waals surface area (Å²) in [5.41, 5.74) is 2.81. The average molecular weight is 344 g/mol. The van der Waals surface area contributed by atoms with Crippen molar-refractivity contribution in [2.45, 2.75) is 11.4 Å². The Morgan fingerprint density at radius 2 is 1.91 bits per heavy atom. The number of hydrogen-bond acceptors (Lipinski definition) is 4. The molecule has 2 aromatic rings. The van der Waals surface area contributed by atoms with Crippen LogP contribution >= 0.6 is 23.5 Å². The number of nitrogens with zero attached hydrogens (tertiary/aromatic N) is 1. The molecule has 0 aromatic heterocycles. The van der Waals surface area contributed by atoms with Gasteiger partial charge in [0, 0.05) is 47.2 Å². The Hall–Kier alpha value is -1.23. The summed E-state index contributed by atoms with van der Waals surface area (Å²) in [6.45, 7) is 3.21. The number of hydrogen-bond donors (Lipinski definition) is 0. The van der Waals surface area contributed by atoms with Crippen LogP contribution in [0.5, 0.6) is 0 Å². The maximum absolute atomic E-state index is 12.8. The topological polar surface area (TPSA) is 20.3 Å². The van der Waals surface area contributed by atoms with E-state index >= 15 is 0 Å². The van der Waals surface area contributed by atoms with Gasteiger partial charge in [0.2, 0.25) is 0 Å². The molecule has 1 fully saturated rings. The first kappa shape index (κ1) is 16.6. The van der Waals surface area contributed by atoms with Gasteiger partial charge in [-0.25, -0.2) is 0 Å². The summed E-state index contributed by atoms with van der Waals surface area (Å²) < 4.78 is 0. The van der Waals surface area contributed by atoms with Gasteiger partial charge >= 0.3 is 0 Å². The number of benzene rings is 2. The molecule has 2 nitrogen and oxygen atoms in total. The zero-order chi connectivity index (χ0) is 16.1. The van der Waals surface area contributed by atoms with Crippen LogP contribution in [0.1, 0.15) is 21.5 Å². The average Bonchev–Trinajstić information content (AvgIpc) is 2.62. The number of rotatable bonds is 5. The highest BCUT2D eigenvalue weighted by Crippen LogP contribution is 2.23. The van der Waals surface area contributed by atoms with Gasteiger partial charge in [-0.05, 0) is 30.0 Å². The molecule has 4 heteroatoms. The van der Waals surface area contributed by atoms with Crippen molar-refractivity contribution in [1.82, 2.24) is 4.90 Å². The van der Waals surface area contributed by atoms with Crippen molar-refractivity contribution < 1.29 is 4.79 Å². The van der Waals surface area contributed by atoms with Gasteiger partial charge < -0.3 is 0 Å². The molecule has 0 aliphatic carbocycles. The zero-order valence-corrected chi connectivity index (χ0v) is 15.0. The SMILES string of the molecule is CSc1ccccc1C(=O)c1cccc(CN2CCSCC2)c1. The number of thioether (sulfide) groups is 2. The fourth-order valence-electron chi connectivity index (χ4n) is 2.82. The highest BCUT2D eigenvalue weighted by atomic mass is 32.2. The third-order valence-corrected chi connectivity index (χ3v) is 5.79. The van der Waals surface area contributed by atoms with E-state index in [1.54, 1.807) is 11.8 Å². The largest absolute Gasteiger partial charge is 0.297 e. The maximum atomic E-state index is 12.8. The first-order valence-electron chi connectivity index (χ1n) is 7.84. The van der Waals surface area contributed by atoms with E-state index < -0.39 is 0 Å². The summed E-state index contributed by atoms with van der Waals surface area (Å²) in [4.78, 5) is 16.3. The quantitative estimate of drug-likeness (QED) is 0.599. The highest BCUT2D eigenvalue weighted by molar-refractivity contribution is 7.99. The predicted octanol–water partition coefficient (Wildman–Crippen LogP) is 4.19. The molecule has 23 heavy (non-hydrogen) atoms. The molecular weight excluding hydrogens is 322 g/mol. The lowest BCUT2D eigenvalue weighted by Gasteiger charge is -2.26. The molecule has 3 rings (SSSR count). The molecule has 1 saturated heterocycles. The van der Waals surface area contributed by atoms with Crippen LogP contribution < -0.4 is 0 Å². The molecule has 0 atom stereocenters. The molecule has 120 valence electrons. The highest BCUT2D eigenvalue weighted by Gasteiger charge is 2.15. The smallest absolute Gasteiger partial charge is 0.194 e. The molecule has 2 aromatic carbocycles. The molecule has 0 saturated carbocycles. The van der Waals surface area contributed by atoms with Gasteiger partial charge in [0.15, 0.2) is 5.78 Å². The molecule has 0 N–H and O–H groups in total. The van der Waals surface area contributed by atoms with Gasteiger partial charge in [-0.2, -0.15) is 11.8 Å². The van der Waals surface area contributed by atoms with E-state index in [4.69, 9.17) is 0 Å². The molecule has 0 unspecified atom stereocenters. The van der Waals surface area contributed by atoms with Gasteiger partial charge in [-0.15, -0.1) is 11.8 Å². The van der Waals surface area contributed by atoms with E-state index in [1.165, 1.54) is 17.1 Å². The molecule has 0 radical (unpaired) electrons. The normalized spacial score (nSPS) is 15.5. The second kappa shape index (κ2) is 8.04. The van der Waals surface area contributed by atoms with Crippen LogP contribution in [0.4, 0.5) is 0 Å². The standard InChI is InChI=1S/C19H21NOS2/c1-22-18-8-3-2-7-17(18)19(21)16-6-4-5-15(13-16)14-20-9-11-23-12-10-20/h2-8,13H,9-12,14H2,1H3. The summed E-state index contributed by atoms with van der Waals surface area (Å²) in [5, 5.41) is 0. The first-order chi connectivity index (χ1) is 11.3. The Labute approximate surface area is 146 Å². The van der Waals surface area contributed by atoms with Crippen LogP contribution in [0.15, 0.2) is 53.4 Å². The Balaban J connectivity index is 1.80. The molecule has 1 aliphatic heterocycles. The Kier molecular flexibility index (Phi) is 5.81. The molecule has 0 bridgehead atoms. The van der Waals surface area contributed by atoms with Crippen molar-refractivity contribution in [2.24, 2.45) is 0 Å². The molecule has 0 spiro atoms. The van der Waals surface area contributed by atoms with Gasteiger partial charge in [-0.3, -0.25) is 9.69 Å². The summed E-state index contributed by atoms with van der Waals surface area (Å²) in [7, 11) is 0. The number of carbonyl (C=O) groups excluding carboxylic acids is 1. The minimum absolute atomic E-state index is 0.117. The zero-order valence-electron chi connectivity index (χ0n) is 13.3. The van der Waals surface area contributed by atoms with E-state index in [0.717, 1.165) is 35.7 Å². The van der Waals surface area contributed by atoms with Crippen LogP contribution in [0.25, 0.3) is 0 Å². The van der Waals surface area contributed by atoms with Crippen molar-refractivity contribution >= 4 is 29.3 Å². The lowest BCUT2D eigenvalue weighted by molar-refractivity contribution is 0.103. The van der Waals surface area contributed by atoms with Crippen molar-refractivity contribution in [1.29, 1.82) is 0 Å². The first-order valence-corrected chi connectivity index (χ1v) is 10.2. The second-order valence-electron chi connectivity index (χ2n) is 5.62. The minimum Gasteiger partial charge on any atom is -0.297 e. The van der Waals surface area contributed by atoms with Crippen molar-refractivity contribution in [3.63, 3.8) is 0 Å². The van der Waals surface area contributed by atoms with Crippen molar-refractivity contribution in [3.05, 3.63) is 65.2 Å². The number of carbonyl (C=O) groups is 1. The lowest BCUT2D eigenvalue weighted by Crippen LogP contribution is -2.32. The van der Waals surface area contributed by atoms with E-state index in [1.807, 2.05) is 54.4 Å². The fraction of sp³-hybridized carbons (Fsp3) is 0.316. The third-order valence-electron chi connectivity index (χ3n) is 4.05. The third kappa shape index (κ3) is 4.19. The van der Waals surface area contributed by atoms with Gasteiger partial charge in [-0.1, -0.05) is 30.3 Å². The van der Waals surface area contributed by atoms with Gasteiger partial charge in [0.25, 0.3) is 0 Å². The Morgan fingerprint density at radius 3 is 2.70 bits per heavy atom. The molecule has 1 heterocycles. The fourth-order valence-corrected chi connectivity index (χ4v) is 4.39. The Morgan fingerprint density at radius 1 is 1.13 bits per heavy atom. The van der Waals surface area contributed by atoms with Crippen LogP contribution in [-0.4, -0.2) is 41.5 Å². The summed E-state index contributed by atoms with van der Waals surface area (Å²) >= 11 is 3.64.